The number of aromatic nitrogens is 1. The predicted molar refractivity (Wildman–Crippen MR) is 78.0 cm³/mol. The van der Waals surface area contributed by atoms with Gasteiger partial charge in [0.15, 0.2) is 0 Å². The highest BCUT2D eigenvalue weighted by Gasteiger charge is 2.16. The second-order valence-electron chi connectivity index (χ2n) is 4.34. The van der Waals surface area contributed by atoms with E-state index in [1.165, 1.54) is 0 Å². The minimum atomic E-state index is 0.0490. The van der Waals surface area contributed by atoms with Gasteiger partial charge in [0.05, 0.1) is 3.79 Å². The van der Waals surface area contributed by atoms with Crippen LogP contribution in [0.1, 0.15) is 21.7 Å². The van der Waals surface area contributed by atoms with Gasteiger partial charge in [-0.1, -0.05) is 0 Å². The van der Waals surface area contributed by atoms with E-state index in [-0.39, 0.29) is 5.91 Å². The highest BCUT2D eigenvalue weighted by Crippen LogP contribution is 2.22. The topological polar surface area (TPSA) is 25.2 Å². The van der Waals surface area contributed by atoms with E-state index in [4.69, 9.17) is 0 Å². The Bertz CT molecular complexity index is 573. The summed E-state index contributed by atoms with van der Waals surface area (Å²) >= 11 is 5.06. The van der Waals surface area contributed by atoms with Crippen LogP contribution in [-0.4, -0.2) is 22.4 Å². The SMILES string of the molecule is Cc1ccc(C(=O)N(C)Cc2csc(Br)c2)n1C. The molecule has 0 spiro atoms. The molecule has 2 heterocycles. The third kappa shape index (κ3) is 2.67. The highest BCUT2D eigenvalue weighted by molar-refractivity contribution is 9.11. The minimum Gasteiger partial charge on any atom is -0.344 e. The summed E-state index contributed by atoms with van der Waals surface area (Å²) in [6.45, 7) is 2.62. The first-order chi connectivity index (χ1) is 8.49. The summed E-state index contributed by atoms with van der Waals surface area (Å²) in [7, 11) is 3.74. The summed E-state index contributed by atoms with van der Waals surface area (Å²) in [6, 6.07) is 5.88. The van der Waals surface area contributed by atoms with Crippen molar-refractivity contribution in [1.82, 2.24) is 9.47 Å². The van der Waals surface area contributed by atoms with Crippen molar-refractivity contribution in [1.29, 1.82) is 0 Å². The molecule has 0 aromatic carbocycles. The molecule has 2 aromatic heterocycles. The fraction of sp³-hybridized carbons (Fsp3) is 0.308. The molecule has 5 heteroatoms. The van der Waals surface area contributed by atoms with E-state index in [1.807, 2.05) is 43.8 Å². The molecule has 2 rings (SSSR count). The molecular weight excluding hydrogens is 312 g/mol. The highest BCUT2D eigenvalue weighted by atomic mass is 79.9. The van der Waals surface area contributed by atoms with Gasteiger partial charge >= 0.3 is 0 Å². The molecule has 3 nitrogen and oxygen atoms in total. The Morgan fingerprint density at radius 1 is 1.50 bits per heavy atom. The molecule has 0 saturated heterocycles. The zero-order valence-electron chi connectivity index (χ0n) is 10.6. The normalized spacial score (nSPS) is 10.7. The van der Waals surface area contributed by atoms with Gasteiger partial charge in [-0.3, -0.25) is 4.79 Å². The minimum absolute atomic E-state index is 0.0490. The average Bonchev–Trinajstić information content (AvgIpc) is 2.87. The molecule has 1 amide bonds. The molecule has 0 atom stereocenters. The Kier molecular flexibility index (Phi) is 3.92. The van der Waals surface area contributed by atoms with Crippen LogP contribution in [-0.2, 0) is 13.6 Å². The zero-order valence-corrected chi connectivity index (χ0v) is 13.0. The van der Waals surface area contributed by atoms with Gasteiger partial charge in [0.1, 0.15) is 5.69 Å². The first kappa shape index (κ1) is 13.4. The number of amides is 1. The zero-order chi connectivity index (χ0) is 13.3. The Morgan fingerprint density at radius 2 is 2.22 bits per heavy atom. The summed E-state index contributed by atoms with van der Waals surface area (Å²) in [6.07, 6.45) is 0. The number of thiophene rings is 1. The maximum Gasteiger partial charge on any atom is 0.270 e. The van der Waals surface area contributed by atoms with Gasteiger partial charge in [-0.15, -0.1) is 11.3 Å². The molecule has 0 N–H and O–H groups in total. The lowest BCUT2D eigenvalue weighted by atomic mass is 10.3. The first-order valence-corrected chi connectivity index (χ1v) is 7.27. The van der Waals surface area contributed by atoms with Crippen LogP contribution in [0.15, 0.2) is 27.4 Å². The summed E-state index contributed by atoms with van der Waals surface area (Å²) in [5, 5.41) is 2.06. The van der Waals surface area contributed by atoms with Gasteiger partial charge in [-0.05, 0) is 52.0 Å². The number of halogens is 1. The second kappa shape index (κ2) is 5.28. The van der Waals surface area contributed by atoms with Gasteiger partial charge in [-0.25, -0.2) is 0 Å². The molecule has 0 unspecified atom stereocenters. The van der Waals surface area contributed by atoms with E-state index in [1.54, 1.807) is 16.2 Å². The van der Waals surface area contributed by atoms with Crippen LogP contribution in [0.25, 0.3) is 0 Å². The number of carbonyl (C=O) groups excluding carboxylic acids is 1. The van der Waals surface area contributed by atoms with Crippen LogP contribution >= 0.6 is 27.3 Å². The number of aryl methyl sites for hydroxylation is 1. The monoisotopic (exact) mass is 326 g/mol. The van der Waals surface area contributed by atoms with Crippen molar-refractivity contribution in [2.75, 3.05) is 7.05 Å². The third-order valence-electron chi connectivity index (χ3n) is 2.98. The lowest BCUT2D eigenvalue weighted by Gasteiger charge is -2.17. The second-order valence-corrected chi connectivity index (χ2v) is 6.63. The maximum absolute atomic E-state index is 12.3. The molecule has 0 saturated carbocycles. The van der Waals surface area contributed by atoms with E-state index in [9.17, 15) is 4.79 Å². The van der Waals surface area contributed by atoms with Gasteiger partial charge in [0.25, 0.3) is 5.91 Å². The number of rotatable bonds is 3. The predicted octanol–water partition coefficient (Wildman–Crippen LogP) is 3.43. The fourth-order valence-electron chi connectivity index (χ4n) is 1.80. The number of hydrogen-bond acceptors (Lipinski definition) is 2. The average molecular weight is 327 g/mol. The molecule has 0 radical (unpaired) electrons. The van der Waals surface area contributed by atoms with Crippen molar-refractivity contribution < 1.29 is 4.79 Å². The maximum atomic E-state index is 12.3. The van der Waals surface area contributed by atoms with Crippen LogP contribution in [0.4, 0.5) is 0 Å². The summed E-state index contributed by atoms with van der Waals surface area (Å²) in [4.78, 5) is 14.0. The van der Waals surface area contributed by atoms with Crippen molar-refractivity contribution in [2.24, 2.45) is 7.05 Å². The quantitative estimate of drug-likeness (QED) is 0.848. The Balaban J connectivity index is 2.12. The van der Waals surface area contributed by atoms with E-state index in [2.05, 4.69) is 21.3 Å². The lowest BCUT2D eigenvalue weighted by Crippen LogP contribution is -2.27. The molecule has 2 aromatic rings. The van der Waals surface area contributed by atoms with E-state index in [0.717, 1.165) is 20.7 Å². The Morgan fingerprint density at radius 3 is 2.72 bits per heavy atom. The molecular formula is C13H15BrN2OS. The molecule has 18 heavy (non-hydrogen) atoms. The lowest BCUT2D eigenvalue weighted by molar-refractivity contribution is 0.0775. The van der Waals surface area contributed by atoms with Crippen LogP contribution in [0, 0.1) is 6.92 Å². The Hall–Kier alpha value is -1.07. The summed E-state index contributed by atoms with van der Waals surface area (Å²) in [5.41, 5.74) is 2.96. The molecule has 0 aliphatic carbocycles. The summed E-state index contributed by atoms with van der Waals surface area (Å²) in [5.74, 6) is 0.0490. The van der Waals surface area contributed by atoms with Crippen molar-refractivity contribution in [2.45, 2.75) is 13.5 Å². The molecule has 0 aliphatic heterocycles. The Labute approximate surface area is 119 Å². The van der Waals surface area contributed by atoms with Crippen LogP contribution in [0.3, 0.4) is 0 Å². The molecule has 0 aliphatic rings. The molecule has 0 bridgehead atoms. The van der Waals surface area contributed by atoms with Crippen LogP contribution in [0.5, 0.6) is 0 Å². The van der Waals surface area contributed by atoms with Gasteiger partial charge in [0, 0.05) is 26.3 Å². The fourth-order valence-corrected chi connectivity index (χ4v) is 3.00. The third-order valence-corrected chi connectivity index (χ3v) is 4.53. The van der Waals surface area contributed by atoms with Gasteiger partial charge < -0.3 is 9.47 Å². The van der Waals surface area contributed by atoms with E-state index >= 15 is 0 Å². The largest absolute Gasteiger partial charge is 0.344 e. The van der Waals surface area contributed by atoms with Gasteiger partial charge in [0.2, 0.25) is 0 Å². The molecule has 96 valence electrons. The smallest absolute Gasteiger partial charge is 0.270 e. The molecule has 0 fully saturated rings. The van der Waals surface area contributed by atoms with Crippen molar-refractivity contribution >= 4 is 33.2 Å². The number of carbonyl (C=O) groups is 1. The van der Waals surface area contributed by atoms with Crippen molar-refractivity contribution in [3.05, 3.63) is 44.3 Å². The van der Waals surface area contributed by atoms with E-state index < -0.39 is 0 Å². The van der Waals surface area contributed by atoms with Crippen molar-refractivity contribution in [3.63, 3.8) is 0 Å². The van der Waals surface area contributed by atoms with Crippen molar-refractivity contribution in [3.8, 4) is 0 Å². The number of hydrogen-bond donors (Lipinski definition) is 0. The van der Waals surface area contributed by atoms with Gasteiger partial charge in [-0.2, -0.15) is 0 Å². The first-order valence-electron chi connectivity index (χ1n) is 5.59. The van der Waals surface area contributed by atoms with Crippen LogP contribution < -0.4 is 0 Å². The summed E-state index contributed by atoms with van der Waals surface area (Å²) < 4.78 is 3.01. The van der Waals surface area contributed by atoms with E-state index in [0.29, 0.717) is 6.54 Å². The number of nitrogens with zero attached hydrogens (tertiary/aromatic N) is 2. The standard InChI is InChI=1S/C13H15BrN2OS/c1-9-4-5-11(16(9)3)13(17)15(2)7-10-6-12(14)18-8-10/h4-6,8H,7H2,1-3H3. The van der Waals surface area contributed by atoms with Crippen LogP contribution in [0.2, 0.25) is 0 Å².